The van der Waals surface area contributed by atoms with Gasteiger partial charge < -0.3 is 19.5 Å². The average Bonchev–Trinajstić information content (AvgIpc) is 3.79. The minimum Gasteiger partial charge on any atom is -0.497 e. The van der Waals surface area contributed by atoms with Crippen molar-refractivity contribution in [2.75, 3.05) is 37.7 Å². The van der Waals surface area contributed by atoms with Gasteiger partial charge in [-0.05, 0) is 70.9 Å². The van der Waals surface area contributed by atoms with E-state index in [2.05, 4.69) is 34.3 Å². The number of carbonyl (C=O) groups excluding carboxylic acids is 1. The van der Waals surface area contributed by atoms with Crippen molar-refractivity contribution >= 4 is 28.1 Å². The first-order valence-electron chi connectivity index (χ1n) is 11.8. The third-order valence-corrected chi connectivity index (χ3v) is 6.12. The zero-order chi connectivity index (χ0) is 24.9. The lowest BCUT2D eigenvalue weighted by atomic mass is 9.98. The van der Waals surface area contributed by atoms with Crippen LogP contribution in [0, 0.1) is 0 Å². The Morgan fingerprint density at radius 3 is 2.06 bits per heavy atom. The van der Waals surface area contributed by atoms with Crippen LogP contribution in [0.1, 0.15) is 11.6 Å². The molecule has 2 aliphatic rings. The van der Waals surface area contributed by atoms with E-state index < -0.39 is 0 Å². The molecule has 0 aliphatic carbocycles. The Hall–Kier alpha value is -4.29. The molecule has 6 heteroatoms. The van der Waals surface area contributed by atoms with Gasteiger partial charge in [-0.15, -0.1) is 0 Å². The Morgan fingerprint density at radius 1 is 0.806 bits per heavy atom. The molecule has 6 rings (SSSR count). The van der Waals surface area contributed by atoms with Crippen molar-refractivity contribution < 1.29 is 19.0 Å². The van der Waals surface area contributed by atoms with E-state index in [1.54, 1.807) is 14.2 Å². The fourth-order valence-corrected chi connectivity index (χ4v) is 4.24. The molecule has 2 heterocycles. The lowest BCUT2D eigenvalue weighted by molar-refractivity contribution is -0.114. The monoisotopic (exact) mass is 480 g/mol. The molecule has 0 spiro atoms. The summed E-state index contributed by atoms with van der Waals surface area (Å²) in [5, 5.41) is 5.57. The van der Waals surface area contributed by atoms with Crippen molar-refractivity contribution in [3.63, 3.8) is 0 Å². The molecule has 0 bridgehead atoms. The van der Waals surface area contributed by atoms with Gasteiger partial charge in [0.05, 0.1) is 33.5 Å². The van der Waals surface area contributed by atoms with Crippen LogP contribution < -0.4 is 19.7 Å². The van der Waals surface area contributed by atoms with Crippen LogP contribution in [0.3, 0.4) is 0 Å². The Morgan fingerprint density at radius 2 is 1.42 bits per heavy atom. The number of carbonyl (C=O) groups is 1. The number of anilines is 2. The third-order valence-electron chi connectivity index (χ3n) is 6.12. The topological polar surface area (TPSA) is 63.3 Å². The van der Waals surface area contributed by atoms with Gasteiger partial charge in [-0.2, -0.15) is 0 Å². The molecule has 36 heavy (non-hydrogen) atoms. The molecule has 6 nitrogen and oxygen atoms in total. The highest BCUT2D eigenvalue weighted by Crippen LogP contribution is 2.39. The summed E-state index contributed by atoms with van der Waals surface area (Å²) in [6, 6.07) is 29.3. The largest absolute Gasteiger partial charge is 0.497 e. The maximum Gasteiger partial charge on any atom is 0.275 e. The van der Waals surface area contributed by atoms with E-state index in [9.17, 15) is 4.79 Å². The first-order chi connectivity index (χ1) is 17.7. The molecule has 1 amide bonds. The van der Waals surface area contributed by atoms with Gasteiger partial charge in [0.15, 0.2) is 0 Å². The molecule has 1 atom stereocenters. The molecule has 1 saturated heterocycles. The van der Waals surface area contributed by atoms with Crippen molar-refractivity contribution in [3.8, 4) is 11.5 Å². The molecule has 182 valence electrons. The van der Waals surface area contributed by atoms with Crippen molar-refractivity contribution in [2.24, 2.45) is 0 Å². The second-order valence-corrected chi connectivity index (χ2v) is 8.43. The van der Waals surface area contributed by atoms with E-state index in [1.165, 1.54) is 0 Å². The predicted molar refractivity (Wildman–Crippen MR) is 143 cm³/mol. The third kappa shape index (κ3) is 5.04. The van der Waals surface area contributed by atoms with Crippen LogP contribution in [-0.2, 0) is 9.53 Å². The number of methoxy groups -OCH3 is 2. The number of hydrogen-bond donors (Lipinski definition) is 1. The van der Waals surface area contributed by atoms with Crippen molar-refractivity contribution in [1.82, 2.24) is 0 Å². The maximum atomic E-state index is 13.6. The molecule has 1 fully saturated rings. The Labute approximate surface area is 210 Å². The van der Waals surface area contributed by atoms with Gasteiger partial charge in [-0.3, -0.25) is 9.69 Å². The number of fused-ring (bicyclic) bond motifs is 1. The summed E-state index contributed by atoms with van der Waals surface area (Å²) in [4.78, 5) is 15.5. The number of epoxide rings is 1. The van der Waals surface area contributed by atoms with E-state index in [0.29, 0.717) is 5.70 Å². The summed E-state index contributed by atoms with van der Waals surface area (Å²) in [5.74, 6) is 1.42. The van der Waals surface area contributed by atoms with E-state index in [0.717, 1.165) is 52.4 Å². The average molecular weight is 481 g/mol. The van der Waals surface area contributed by atoms with Gasteiger partial charge in [0.25, 0.3) is 5.91 Å². The molecule has 1 unspecified atom stereocenters. The zero-order valence-electron chi connectivity index (χ0n) is 20.3. The van der Waals surface area contributed by atoms with E-state index >= 15 is 0 Å². The molecule has 1 N–H and O–H groups in total. The van der Waals surface area contributed by atoms with E-state index in [-0.39, 0.29) is 11.9 Å². The maximum absolute atomic E-state index is 13.6. The van der Waals surface area contributed by atoms with Crippen molar-refractivity contribution in [3.05, 3.63) is 108 Å². The van der Waals surface area contributed by atoms with Crippen LogP contribution >= 0.6 is 0 Å². The quantitative estimate of drug-likeness (QED) is 0.345. The molecular formula is C30H28N2O4. The highest BCUT2D eigenvalue weighted by Gasteiger charge is 2.35. The highest BCUT2D eigenvalue weighted by molar-refractivity contribution is 6.11. The zero-order valence-corrected chi connectivity index (χ0v) is 20.3. The standard InChI is InChI=1S/C28H24N2O3.C2H4O/c1-32-22-14-10-20(11-15-22)29-26-18-27(25-9-5-7-19-6-3-4-8-24(19)25)30(28(26)31)21-12-16-23(33-2)17-13-21;1-2-3-1/h3-18,27,29H,1-2H3;1-2H2. The number of ether oxygens (including phenoxy) is 3. The summed E-state index contributed by atoms with van der Waals surface area (Å²) in [5.41, 5.74) is 3.24. The Kier molecular flexibility index (Phi) is 6.87. The smallest absolute Gasteiger partial charge is 0.275 e. The molecule has 0 radical (unpaired) electrons. The first-order valence-corrected chi connectivity index (χ1v) is 11.8. The van der Waals surface area contributed by atoms with E-state index in [1.807, 2.05) is 77.7 Å². The van der Waals surface area contributed by atoms with Crippen molar-refractivity contribution in [1.29, 1.82) is 0 Å². The second-order valence-electron chi connectivity index (χ2n) is 8.43. The summed E-state index contributed by atoms with van der Waals surface area (Å²) in [6.45, 7) is 2.00. The summed E-state index contributed by atoms with van der Waals surface area (Å²) < 4.78 is 15.0. The van der Waals surface area contributed by atoms with Crippen LogP contribution in [0.4, 0.5) is 11.4 Å². The minimum absolute atomic E-state index is 0.0890. The molecule has 0 saturated carbocycles. The fraction of sp³-hybridized carbons (Fsp3) is 0.167. The number of nitrogens with one attached hydrogen (secondary N) is 1. The van der Waals surface area contributed by atoms with Crippen LogP contribution in [0.5, 0.6) is 11.5 Å². The van der Waals surface area contributed by atoms with Crippen LogP contribution in [0.25, 0.3) is 10.8 Å². The van der Waals surface area contributed by atoms with Gasteiger partial charge in [-0.1, -0.05) is 42.5 Å². The van der Waals surface area contributed by atoms with Crippen molar-refractivity contribution in [2.45, 2.75) is 6.04 Å². The van der Waals surface area contributed by atoms with Gasteiger partial charge in [0, 0.05) is 11.4 Å². The molecule has 2 aliphatic heterocycles. The number of hydrogen-bond acceptors (Lipinski definition) is 5. The lowest BCUT2D eigenvalue weighted by Crippen LogP contribution is -2.30. The van der Waals surface area contributed by atoms with E-state index in [4.69, 9.17) is 9.47 Å². The van der Waals surface area contributed by atoms with Gasteiger partial charge in [-0.25, -0.2) is 0 Å². The minimum atomic E-state index is -0.252. The number of benzene rings is 4. The fourth-order valence-electron chi connectivity index (χ4n) is 4.24. The molecule has 0 aromatic heterocycles. The van der Waals surface area contributed by atoms with Crippen LogP contribution in [0.15, 0.2) is 103 Å². The summed E-state index contributed by atoms with van der Waals surface area (Å²) in [7, 11) is 3.26. The summed E-state index contributed by atoms with van der Waals surface area (Å²) >= 11 is 0. The van der Waals surface area contributed by atoms with Crippen LogP contribution in [-0.4, -0.2) is 33.3 Å². The highest BCUT2D eigenvalue weighted by atomic mass is 16.6. The lowest BCUT2D eigenvalue weighted by Gasteiger charge is -2.26. The summed E-state index contributed by atoms with van der Waals surface area (Å²) in [6.07, 6.45) is 2.00. The second kappa shape index (κ2) is 10.5. The Bertz CT molecular complexity index is 1370. The first kappa shape index (κ1) is 23.5. The number of nitrogens with zero attached hydrogens (tertiary/aromatic N) is 1. The van der Waals surface area contributed by atoms with Gasteiger partial charge in [0.1, 0.15) is 17.2 Å². The number of rotatable bonds is 6. The molecular weight excluding hydrogens is 452 g/mol. The molecule has 4 aromatic carbocycles. The predicted octanol–water partition coefficient (Wildman–Crippen LogP) is 5.96. The SMILES string of the molecule is C1CO1.COc1ccc(NC2=CC(c3cccc4ccccc34)N(c3ccc(OC)cc3)C2=O)cc1. The normalized spacial score (nSPS) is 16.2. The van der Waals surface area contributed by atoms with Gasteiger partial charge >= 0.3 is 0 Å². The molecule has 4 aromatic rings. The van der Waals surface area contributed by atoms with Gasteiger partial charge in [0.2, 0.25) is 0 Å². The Balaban J connectivity index is 0.000000828. The van der Waals surface area contributed by atoms with Crippen LogP contribution in [0.2, 0.25) is 0 Å². The number of amides is 1.